The Labute approximate surface area is 118 Å². The quantitative estimate of drug-likeness (QED) is 0.728. The van der Waals surface area contributed by atoms with Gasteiger partial charge >= 0.3 is 6.09 Å². The fraction of sp³-hybridized carbons (Fsp3) is 0.385. The summed E-state index contributed by atoms with van der Waals surface area (Å²) < 4.78 is 40.4. The predicted octanol–water partition coefficient (Wildman–Crippen LogP) is 1.73. The first-order chi connectivity index (χ1) is 9.79. The van der Waals surface area contributed by atoms with Crippen LogP contribution in [0.5, 0.6) is 0 Å². The van der Waals surface area contributed by atoms with E-state index in [4.69, 9.17) is 5.11 Å². The van der Waals surface area contributed by atoms with Crippen LogP contribution in [0.3, 0.4) is 0 Å². The van der Waals surface area contributed by atoms with E-state index in [9.17, 15) is 22.8 Å². The standard InChI is InChI=1S/C13H13F3N2O3/c1-5-7(4-10(12(19)17-5)18-13(20)21)8-2-6(14)3-9(15)11(8)16/h2-3,5,7,10,18H,4H2,1H3,(H,17,19)(H,20,21)/t5-,7-,10?/m1/s1. The first-order valence-corrected chi connectivity index (χ1v) is 6.24. The molecule has 1 aromatic rings. The fourth-order valence-corrected chi connectivity index (χ4v) is 2.51. The number of carbonyl (C=O) groups excluding carboxylic acids is 1. The van der Waals surface area contributed by atoms with Crippen LogP contribution in [0.15, 0.2) is 12.1 Å². The van der Waals surface area contributed by atoms with E-state index in [1.807, 2.05) is 5.32 Å². The van der Waals surface area contributed by atoms with Crippen molar-refractivity contribution in [2.75, 3.05) is 0 Å². The van der Waals surface area contributed by atoms with Crippen LogP contribution >= 0.6 is 0 Å². The molecule has 0 bridgehead atoms. The lowest BCUT2D eigenvalue weighted by Gasteiger charge is -2.34. The van der Waals surface area contributed by atoms with Crippen LogP contribution in [0.4, 0.5) is 18.0 Å². The molecule has 21 heavy (non-hydrogen) atoms. The summed E-state index contributed by atoms with van der Waals surface area (Å²) in [7, 11) is 0. The zero-order valence-electron chi connectivity index (χ0n) is 11.0. The summed E-state index contributed by atoms with van der Waals surface area (Å²) in [6.07, 6.45) is -1.49. The SMILES string of the molecule is C[C@H]1NC(=O)C(NC(=O)O)C[C@H]1c1cc(F)cc(F)c1F. The second-order valence-corrected chi connectivity index (χ2v) is 4.93. The Hall–Kier alpha value is -2.25. The molecular formula is C13H13F3N2O3. The molecule has 1 aliphatic heterocycles. The van der Waals surface area contributed by atoms with Crippen molar-refractivity contribution in [3.63, 3.8) is 0 Å². The Morgan fingerprint density at radius 2 is 2.05 bits per heavy atom. The lowest BCUT2D eigenvalue weighted by molar-refractivity contribution is -0.125. The van der Waals surface area contributed by atoms with Crippen LogP contribution in [0.2, 0.25) is 0 Å². The Bertz CT molecular complexity index is 594. The van der Waals surface area contributed by atoms with Gasteiger partial charge in [-0.15, -0.1) is 0 Å². The van der Waals surface area contributed by atoms with E-state index in [2.05, 4.69) is 5.32 Å². The number of halogens is 3. The van der Waals surface area contributed by atoms with Gasteiger partial charge in [0.25, 0.3) is 0 Å². The molecule has 3 atom stereocenters. The third-order valence-electron chi connectivity index (χ3n) is 3.50. The summed E-state index contributed by atoms with van der Waals surface area (Å²) in [5, 5.41) is 13.1. The van der Waals surface area contributed by atoms with Crippen LogP contribution < -0.4 is 10.6 Å². The normalized spacial score (nSPS) is 25.3. The van der Waals surface area contributed by atoms with Gasteiger partial charge in [-0.25, -0.2) is 18.0 Å². The van der Waals surface area contributed by atoms with E-state index in [1.165, 1.54) is 0 Å². The number of hydrogen-bond donors (Lipinski definition) is 3. The van der Waals surface area contributed by atoms with Crippen molar-refractivity contribution in [1.29, 1.82) is 0 Å². The number of rotatable bonds is 2. The van der Waals surface area contributed by atoms with E-state index < -0.39 is 47.5 Å². The molecule has 0 aliphatic carbocycles. The Morgan fingerprint density at radius 3 is 2.67 bits per heavy atom. The highest BCUT2D eigenvalue weighted by Crippen LogP contribution is 2.31. The second kappa shape index (κ2) is 5.63. The average Bonchev–Trinajstić information content (AvgIpc) is 2.37. The Morgan fingerprint density at radius 1 is 1.38 bits per heavy atom. The van der Waals surface area contributed by atoms with Crippen molar-refractivity contribution in [1.82, 2.24) is 10.6 Å². The second-order valence-electron chi connectivity index (χ2n) is 4.93. The zero-order valence-corrected chi connectivity index (χ0v) is 11.0. The molecule has 0 radical (unpaired) electrons. The van der Waals surface area contributed by atoms with Crippen molar-refractivity contribution < 1.29 is 27.9 Å². The predicted molar refractivity (Wildman–Crippen MR) is 66.2 cm³/mol. The van der Waals surface area contributed by atoms with Gasteiger partial charge in [0.1, 0.15) is 11.9 Å². The number of carboxylic acid groups (broad SMARTS) is 1. The fourth-order valence-electron chi connectivity index (χ4n) is 2.51. The average molecular weight is 302 g/mol. The van der Waals surface area contributed by atoms with Crippen molar-refractivity contribution >= 4 is 12.0 Å². The van der Waals surface area contributed by atoms with Crippen molar-refractivity contribution in [2.45, 2.75) is 31.3 Å². The number of benzene rings is 1. The first-order valence-electron chi connectivity index (χ1n) is 6.24. The third kappa shape index (κ3) is 3.09. The zero-order chi connectivity index (χ0) is 15.7. The number of nitrogens with one attached hydrogen (secondary N) is 2. The lowest BCUT2D eigenvalue weighted by atomic mass is 9.83. The van der Waals surface area contributed by atoms with Gasteiger partial charge in [-0.05, 0) is 25.0 Å². The molecule has 1 saturated heterocycles. The largest absolute Gasteiger partial charge is 0.465 e. The molecule has 8 heteroatoms. The smallest absolute Gasteiger partial charge is 0.405 e. The molecule has 0 saturated carbocycles. The van der Waals surface area contributed by atoms with Gasteiger partial charge in [0, 0.05) is 18.0 Å². The van der Waals surface area contributed by atoms with Crippen molar-refractivity contribution in [3.8, 4) is 0 Å². The highest BCUT2D eigenvalue weighted by atomic mass is 19.2. The number of carbonyl (C=O) groups is 2. The summed E-state index contributed by atoms with van der Waals surface area (Å²) in [6.45, 7) is 1.56. The van der Waals surface area contributed by atoms with Crippen molar-refractivity contribution in [3.05, 3.63) is 35.1 Å². The summed E-state index contributed by atoms with van der Waals surface area (Å²) in [5.74, 6) is -4.76. The monoisotopic (exact) mass is 302 g/mol. The lowest BCUT2D eigenvalue weighted by Crippen LogP contribution is -2.55. The molecule has 1 aromatic carbocycles. The molecule has 3 N–H and O–H groups in total. The molecule has 0 spiro atoms. The third-order valence-corrected chi connectivity index (χ3v) is 3.50. The van der Waals surface area contributed by atoms with E-state index >= 15 is 0 Å². The molecule has 2 amide bonds. The van der Waals surface area contributed by atoms with Crippen LogP contribution in [0.1, 0.15) is 24.8 Å². The van der Waals surface area contributed by atoms with Crippen LogP contribution in [0, 0.1) is 17.5 Å². The molecule has 1 heterocycles. The van der Waals surface area contributed by atoms with Gasteiger partial charge in [0.15, 0.2) is 11.6 Å². The Kier molecular flexibility index (Phi) is 4.06. The minimum absolute atomic E-state index is 0.0842. The van der Waals surface area contributed by atoms with E-state index in [1.54, 1.807) is 6.92 Å². The summed E-state index contributed by atoms with van der Waals surface area (Å²) >= 11 is 0. The van der Waals surface area contributed by atoms with Crippen LogP contribution in [0.25, 0.3) is 0 Å². The van der Waals surface area contributed by atoms with Crippen LogP contribution in [-0.4, -0.2) is 29.2 Å². The van der Waals surface area contributed by atoms with E-state index in [-0.39, 0.29) is 12.0 Å². The highest BCUT2D eigenvalue weighted by molar-refractivity contribution is 5.86. The maximum Gasteiger partial charge on any atom is 0.405 e. The molecule has 2 rings (SSSR count). The van der Waals surface area contributed by atoms with Crippen molar-refractivity contribution in [2.24, 2.45) is 0 Å². The topological polar surface area (TPSA) is 78.4 Å². The maximum absolute atomic E-state index is 13.8. The maximum atomic E-state index is 13.8. The van der Waals surface area contributed by atoms with E-state index in [0.29, 0.717) is 6.07 Å². The molecular weight excluding hydrogens is 289 g/mol. The Balaban J connectivity index is 2.34. The molecule has 1 aliphatic rings. The van der Waals surface area contributed by atoms with Crippen LogP contribution in [-0.2, 0) is 4.79 Å². The minimum Gasteiger partial charge on any atom is -0.465 e. The summed E-state index contributed by atoms with van der Waals surface area (Å²) in [5.41, 5.74) is -0.225. The number of hydrogen-bond acceptors (Lipinski definition) is 2. The molecule has 0 aromatic heterocycles. The van der Waals surface area contributed by atoms with Gasteiger partial charge < -0.3 is 15.7 Å². The number of piperidine rings is 1. The summed E-state index contributed by atoms with van der Waals surface area (Å²) in [6, 6.07) is -0.401. The molecule has 5 nitrogen and oxygen atoms in total. The molecule has 114 valence electrons. The highest BCUT2D eigenvalue weighted by Gasteiger charge is 2.37. The van der Waals surface area contributed by atoms with Gasteiger partial charge in [0.2, 0.25) is 5.91 Å². The van der Waals surface area contributed by atoms with Gasteiger partial charge in [0.05, 0.1) is 0 Å². The summed E-state index contributed by atoms with van der Waals surface area (Å²) in [4.78, 5) is 22.3. The number of amides is 2. The minimum atomic E-state index is -1.41. The molecule has 1 fully saturated rings. The van der Waals surface area contributed by atoms with Gasteiger partial charge in [-0.2, -0.15) is 0 Å². The van der Waals surface area contributed by atoms with Gasteiger partial charge in [-0.1, -0.05) is 0 Å². The van der Waals surface area contributed by atoms with E-state index in [0.717, 1.165) is 6.07 Å². The van der Waals surface area contributed by atoms with Gasteiger partial charge in [-0.3, -0.25) is 4.79 Å². The first kappa shape index (κ1) is 15.1. The molecule has 1 unspecified atom stereocenters.